The van der Waals surface area contributed by atoms with Crippen molar-refractivity contribution in [3.8, 4) is 0 Å². The fraction of sp³-hybridized carbons (Fsp3) is 0.500. The van der Waals surface area contributed by atoms with E-state index in [1.54, 1.807) is 0 Å². The van der Waals surface area contributed by atoms with E-state index >= 15 is 0 Å². The summed E-state index contributed by atoms with van der Waals surface area (Å²) in [7, 11) is -3.47. The zero-order valence-corrected chi connectivity index (χ0v) is 12.5. The molecule has 0 heterocycles. The van der Waals surface area contributed by atoms with Gasteiger partial charge in [-0.1, -0.05) is 19.3 Å². The van der Waals surface area contributed by atoms with Crippen LogP contribution in [0.4, 0.5) is 15.8 Å². The summed E-state index contributed by atoms with van der Waals surface area (Å²) >= 11 is 0. The minimum absolute atomic E-state index is 0.0962. The van der Waals surface area contributed by atoms with Gasteiger partial charge in [0.2, 0.25) is 5.91 Å². The number of sulfone groups is 1. The van der Waals surface area contributed by atoms with Crippen LogP contribution in [0.2, 0.25) is 0 Å². The SMILES string of the molecule is Nc1ccc(F)cc1NC(=O)CS(=O)(=O)C1CCCCC1. The minimum atomic E-state index is -3.47. The van der Waals surface area contributed by atoms with E-state index in [2.05, 4.69) is 5.32 Å². The molecule has 1 saturated carbocycles. The van der Waals surface area contributed by atoms with Gasteiger partial charge in [-0.25, -0.2) is 12.8 Å². The molecular weight excluding hydrogens is 295 g/mol. The Morgan fingerprint density at radius 1 is 1.29 bits per heavy atom. The number of amides is 1. The highest BCUT2D eigenvalue weighted by Gasteiger charge is 2.29. The third-order valence-electron chi connectivity index (χ3n) is 3.68. The Bertz CT molecular complexity index is 625. The third-order valence-corrected chi connectivity index (χ3v) is 5.83. The second-order valence-electron chi connectivity index (χ2n) is 5.35. The van der Waals surface area contributed by atoms with Gasteiger partial charge in [0.15, 0.2) is 9.84 Å². The van der Waals surface area contributed by atoms with Crippen molar-refractivity contribution >= 4 is 27.1 Å². The number of rotatable bonds is 4. The zero-order valence-electron chi connectivity index (χ0n) is 11.6. The van der Waals surface area contributed by atoms with Crippen LogP contribution >= 0.6 is 0 Å². The number of carbonyl (C=O) groups excluding carboxylic acids is 1. The average molecular weight is 314 g/mol. The molecule has 1 amide bonds. The summed E-state index contributed by atoms with van der Waals surface area (Å²) in [6.07, 6.45) is 4.01. The number of nitrogens with two attached hydrogens (primary N) is 1. The molecule has 1 fully saturated rings. The van der Waals surface area contributed by atoms with E-state index in [1.165, 1.54) is 12.1 Å². The van der Waals surface area contributed by atoms with Gasteiger partial charge in [-0.15, -0.1) is 0 Å². The van der Waals surface area contributed by atoms with Crippen molar-refractivity contribution in [2.24, 2.45) is 0 Å². The Hall–Kier alpha value is -1.63. The highest BCUT2D eigenvalue weighted by Crippen LogP contribution is 2.25. The number of halogens is 1. The lowest BCUT2D eigenvalue weighted by Gasteiger charge is -2.21. The molecule has 0 bridgehead atoms. The van der Waals surface area contributed by atoms with E-state index < -0.39 is 32.6 Å². The lowest BCUT2D eigenvalue weighted by molar-refractivity contribution is -0.113. The summed E-state index contributed by atoms with van der Waals surface area (Å²) < 4.78 is 37.4. The van der Waals surface area contributed by atoms with Crippen molar-refractivity contribution in [2.75, 3.05) is 16.8 Å². The van der Waals surface area contributed by atoms with Gasteiger partial charge >= 0.3 is 0 Å². The van der Waals surface area contributed by atoms with Gasteiger partial charge in [0.05, 0.1) is 16.6 Å². The van der Waals surface area contributed by atoms with Crippen molar-refractivity contribution in [2.45, 2.75) is 37.4 Å². The van der Waals surface area contributed by atoms with Crippen molar-refractivity contribution in [3.05, 3.63) is 24.0 Å². The van der Waals surface area contributed by atoms with Gasteiger partial charge in [-0.2, -0.15) is 0 Å². The van der Waals surface area contributed by atoms with Crippen LogP contribution in [0.3, 0.4) is 0 Å². The summed E-state index contributed by atoms with van der Waals surface area (Å²) in [5.74, 6) is -1.82. The number of benzene rings is 1. The maximum absolute atomic E-state index is 13.1. The van der Waals surface area contributed by atoms with Crippen LogP contribution in [0.15, 0.2) is 18.2 Å². The molecule has 0 aromatic heterocycles. The van der Waals surface area contributed by atoms with E-state index in [-0.39, 0.29) is 11.4 Å². The smallest absolute Gasteiger partial charge is 0.239 e. The normalized spacial score (nSPS) is 16.6. The van der Waals surface area contributed by atoms with Crippen molar-refractivity contribution < 1.29 is 17.6 Å². The summed E-state index contributed by atoms with van der Waals surface area (Å²) in [5, 5.41) is 1.92. The second-order valence-corrected chi connectivity index (χ2v) is 7.63. The molecule has 116 valence electrons. The number of nitrogen functional groups attached to an aromatic ring is 1. The van der Waals surface area contributed by atoms with E-state index in [4.69, 9.17) is 5.73 Å². The van der Waals surface area contributed by atoms with Crippen LogP contribution in [0.5, 0.6) is 0 Å². The van der Waals surface area contributed by atoms with Gasteiger partial charge in [-0.3, -0.25) is 4.79 Å². The van der Waals surface area contributed by atoms with E-state index in [9.17, 15) is 17.6 Å². The van der Waals surface area contributed by atoms with E-state index in [1.807, 2.05) is 0 Å². The van der Waals surface area contributed by atoms with Crippen LogP contribution in [-0.4, -0.2) is 25.3 Å². The molecule has 7 heteroatoms. The maximum atomic E-state index is 13.1. The molecule has 1 aliphatic carbocycles. The standard InChI is InChI=1S/C14H19FN2O3S/c15-10-6-7-12(16)13(8-10)17-14(18)9-21(19,20)11-4-2-1-3-5-11/h6-8,11H,1-5,9,16H2,(H,17,18). The molecule has 1 aromatic rings. The molecule has 0 radical (unpaired) electrons. The summed E-state index contributed by atoms with van der Waals surface area (Å²) in [4.78, 5) is 11.9. The lowest BCUT2D eigenvalue weighted by Crippen LogP contribution is -2.32. The molecule has 5 nitrogen and oxygen atoms in total. The number of carbonyl (C=O) groups is 1. The van der Waals surface area contributed by atoms with Gasteiger partial charge < -0.3 is 11.1 Å². The monoisotopic (exact) mass is 314 g/mol. The summed E-state index contributed by atoms with van der Waals surface area (Å²) in [6, 6.07) is 3.56. The fourth-order valence-electron chi connectivity index (χ4n) is 2.55. The Morgan fingerprint density at radius 2 is 1.95 bits per heavy atom. The van der Waals surface area contributed by atoms with Crippen LogP contribution < -0.4 is 11.1 Å². The molecule has 3 N–H and O–H groups in total. The van der Waals surface area contributed by atoms with Crippen LogP contribution in [0.25, 0.3) is 0 Å². The molecule has 0 atom stereocenters. The zero-order chi connectivity index (χ0) is 15.5. The first-order valence-corrected chi connectivity index (χ1v) is 8.66. The topological polar surface area (TPSA) is 89.3 Å². The van der Waals surface area contributed by atoms with Crippen LogP contribution in [0.1, 0.15) is 32.1 Å². The molecule has 1 aliphatic rings. The fourth-order valence-corrected chi connectivity index (χ4v) is 4.27. The first-order valence-electron chi connectivity index (χ1n) is 6.95. The first-order chi connectivity index (χ1) is 9.88. The Kier molecular flexibility index (Phi) is 4.82. The molecule has 0 saturated heterocycles. The van der Waals surface area contributed by atoms with E-state index in [0.717, 1.165) is 25.3 Å². The number of hydrogen-bond donors (Lipinski definition) is 2. The summed E-state index contributed by atoms with van der Waals surface area (Å²) in [5.41, 5.74) is 5.90. The number of nitrogens with one attached hydrogen (secondary N) is 1. The second kappa shape index (κ2) is 6.43. The third kappa shape index (κ3) is 4.17. The highest BCUT2D eigenvalue weighted by molar-refractivity contribution is 7.92. The van der Waals surface area contributed by atoms with Crippen molar-refractivity contribution in [3.63, 3.8) is 0 Å². The summed E-state index contributed by atoms with van der Waals surface area (Å²) in [6.45, 7) is 0. The highest BCUT2D eigenvalue weighted by atomic mass is 32.2. The number of anilines is 2. The Morgan fingerprint density at radius 3 is 2.62 bits per heavy atom. The van der Waals surface area contributed by atoms with Crippen LogP contribution in [0, 0.1) is 5.82 Å². The molecular formula is C14H19FN2O3S. The quantitative estimate of drug-likeness (QED) is 0.833. The Balaban J connectivity index is 2.02. The van der Waals surface area contributed by atoms with Gasteiger partial charge in [0.1, 0.15) is 11.6 Å². The first kappa shape index (κ1) is 15.8. The largest absolute Gasteiger partial charge is 0.397 e. The molecule has 2 rings (SSSR count). The molecule has 0 unspecified atom stereocenters. The predicted molar refractivity (Wildman–Crippen MR) is 80.1 cm³/mol. The van der Waals surface area contributed by atoms with E-state index in [0.29, 0.717) is 12.8 Å². The maximum Gasteiger partial charge on any atom is 0.239 e. The minimum Gasteiger partial charge on any atom is -0.397 e. The molecule has 0 spiro atoms. The van der Waals surface area contributed by atoms with Crippen molar-refractivity contribution in [1.29, 1.82) is 0 Å². The number of hydrogen-bond acceptors (Lipinski definition) is 4. The molecule has 21 heavy (non-hydrogen) atoms. The van der Waals surface area contributed by atoms with Gasteiger partial charge in [-0.05, 0) is 31.0 Å². The average Bonchev–Trinajstić information content (AvgIpc) is 2.43. The van der Waals surface area contributed by atoms with Gasteiger partial charge in [0.25, 0.3) is 0 Å². The van der Waals surface area contributed by atoms with Crippen molar-refractivity contribution in [1.82, 2.24) is 0 Å². The molecule has 1 aromatic carbocycles. The van der Waals surface area contributed by atoms with Crippen LogP contribution in [-0.2, 0) is 14.6 Å². The lowest BCUT2D eigenvalue weighted by atomic mass is 10.0. The Labute approximate surface area is 123 Å². The van der Waals surface area contributed by atoms with Gasteiger partial charge in [0, 0.05) is 0 Å². The predicted octanol–water partition coefficient (Wildman–Crippen LogP) is 2.09. The molecule has 0 aliphatic heterocycles.